The van der Waals surface area contributed by atoms with Crippen LogP contribution in [-0.2, 0) is 9.05 Å². The minimum atomic E-state index is -3.91. The fraction of sp³-hybridized carbons (Fsp3) is 0.500. The molecule has 0 bridgehead atoms. The maximum absolute atomic E-state index is 12.5. The van der Waals surface area contributed by atoms with Crippen LogP contribution in [0.4, 0.5) is 0 Å². The molecule has 1 aliphatic heterocycles. The summed E-state index contributed by atoms with van der Waals surface area (Å²) in [6.07, 6.45) is 3.18. The van der Waals surface area contributed by atoms with E-state index in [1.807, 2.05) is 0 Å². The number of halogens is 2. The van der Waals surface area contributed by atoms with Crippen LogP contribution in [0.2, 0.25) is 5.02 Å². The molecule has 0 saturated carbocycles. The summed E-state index contributed by atoms with van der Waals surface area (Å²) < 4.78 is 22.8. The highest BCUT2D eigenvalue weighted by Crippen LogP contribution is 2.26. The van der Waals surface area contributed by atoms with Gasteiger partial charge in [-0.2, -0.15) is 0 Å². The van der Waals surface area contributed by atoms with Crippen molar-refractivity contribution in [2.45, 2.75) is 31.1 Å². The maximum Gasteiger partial charge on any atom is 0.261 e. The Kier molecular flexibility index (Phi) is 5.17. The summed E-state index contributed by atoms with van der Waals surface area (Å²) in [5, 5.41) is 0.185. The largest absolute Gasteiger partial charge is 0.338 e. The van der Waals surface area contributed by atoms with Crippen molar-refractivity contribution in [3.05, 3.63) is 28.8 Å². The van der Waals surface area contributed by atoms with Gasteiger partial charge in [0, 0.05) is 34.4 Å². The molecule has 0 radical (unpaired) electrons. The lowest BCUT2D eigenvalue weighted by Gasteiger charge is -2.17. The van der Waals surface area contributed by atoms with Gasteiger partial charge in [-0.1, -0.05) is 24.9 Å². The van der Waals surface area contributed by atoms with Gasteiger partial charge >= 0.3 is 0 Å². The number of amides is 1. The molecule has 1 aromatic carbocycles. The van der Waals surface area contributed by atoms with Gasteiger partial charge in [0.1, 0.15) is 0 Å². The fourth-order valence-corrected chi connectivity index (χ4v) is 3.77. The van der Waals surface area contributed by atoms with Crippen LogP contribution in [0.15, 0.2) is 23.1 Å². The van der Waals surface area contributed by atoms with Crippen LogP contribution < -0.4 is 0 Å². The maximum atomic E-state index is 12.5. The number of rotatable bonds is 4. The summed E-state index contributed by atoms with van der Waals surface area (Å²) in [5.74, 6) is 0.326. The van der Waals surface area contributed by atoms with Crippen molar-refractivity contribution in [2.75, 3.05) is 13.1 Å². The third-order valence-electron chi connectivity index (χ3n) is 3.67. The van der Waals surface area contributed by atoms with Crippen LogP contribution in [-0.4, -0.2) is 32.3 Å². The molecule has 21 heavy (non-hydrogen) atoms. The zero-order valence-electron chi connectivity index (χ0n) is 11.7. The number of carbonyl (C=O) groups is 1. The Bertz CT molecular complexity index is 646. The van der Waals surface area contributed by atoms with Crippen LogP contribution in [0.5, 0.6) is 0 Å². The monoisotopic (exact) mass is 349 g/mol. The highest BCUT2D eigenvalue weighted by Gasteiger charge is 2.27. The molecule has 1 fully saturated rings. The van der Waals surface area contributed by atoms with Crippen LogP contribution in [0, 0.1) is 5.92 Å². The Morgan fingerprint density at radius 2 is 2.10 bits per heavy atom. The Hall–Kier alpha value is -0.780. The highest BCUT2D eigenvalue weighted by molar-refractivity contribution is 8.13. The Morgan fingerprint density at radius 1 is 1.38 bits per heavy atom. The van der Waals surface area contributed by atoms with E-state index in [4.69, 9.17) is 22.3 Å². The Balaban J connectivity index is 2.22. The number of likely N-dealkylation sites (tertiary alicyclic amines) is 1. The molecule has 1 amide bonds. The van der Waals surface area contributed by atoms with Gasteiger partial charge in [-0.05, 0) is 37.0 Å². The minimum absolute atomic E-state index is 0.149. The molecule has 0 N–H and O–H groups in total. The molecule has 7 heteroatoms. The first-order valence-corrected chi connectivity index (χ1v) is 9.54. The molecule has 1 saturated heterocycles. The van der Waals surface area contributed by atoms with Crippen LogP contribution in [0.1, 0.15) is 36.5 Å². The van der Waals surface area contributed by atoms with Gasteiger partial charge in [-0.25, -0.2) is 8.42 Å². The first kappa shape index (κ1) is 16.6. The van der Waals surface area contributed by atoms with E-state index in [0.29, 0.717) is 19.0 Å². The summed E-state index contributed by atoms with van der Waals surface area (Å²) in [4.78, 5) is 14.1. The molecular weight excluding hydrogens is 333 g/mol. The molecular formula is C14H17Cl2NO3S. The van der Waals surface area contributed by atoms with Crippen LogP contribution >= 0.6 is 22.3 Å². The van der Waals surface area contributed by atoms with E-state index in [9.17, 15) is 13.2 Å². The van der Waals surface area contributed by atoms with E-state index in [1.165, 1.54) is 18.2 Å². The molecule has 1 aliphatic rings. The van der Waals surface area contributed by atoms with Crippen molar-refractivity contribution >= 4 is 37.2 Å². The smallest absolute Gasteiger partial charge is 0.261 e. The summed E-state index contributed by atoms with van der Waals surface area (Å²) in [6, 6.07) is 4.00. The molecule has 0 aliphatic carbocycles. The average molecular weight is 350 g/mol. The van der Waals surface area contributed by atoms with E-state index >= 15 is 0 Å². The molecule has 4 nitrogen and oxygen atoms in total. The van der Waals surface area contributed by atoms with Crippen molar-refractivity contribution in [2.24, 2.45) is 5.92 Å². The van der Waals surface area contributed by atoms with E-state index in [1.54, 1.807) is 4.90 Å². The predicted octanol–water partition coefficient (Wildman–Crippen LogP) is 3.53. The molecule has 0 spiro atoms. The lowest BCUT2D eigenvalue weighted by atomic mass is 10.0. The van der Waals surface area contributed by atoms with Gasteiger partial charge in [0.2, 0.25) is 0 Å². The summed E-state index contributed by atoms with van der Waals surface area (Å²) >= 11 is 5.89. The van der Waals surface area contributed by atoms with Gasteiger partial charge in [0.15, 0.2) is 0 Å². The standard InChI is InChI=1S/C14H17Cl2NO3S/c1-2-3-10-4-5-17(9-10)14(18)11-6-12(15)8-13(7-11)21(16,19)20/h6-8,10H,2-5,9H2,1H3. The quantitative estimate of drug-likeness (QED) is 0.781. The lowest BCUT2D eigenvalue weighted by Crippen LogP contribution is -2.28. The number of benzene rings is 1. The number of hydrogen-bond donors (Lipinski definition) is 0. The SMILES string of the molecule is CCCC1CCN(C(=O)c2cc(Cl)cc(S(=O)(=O)Cl)c2)C1. The normalized spacial score (nSPS) is 19.0. The second-order valence-electron chi connectivity index (χ2n) is 5.31. The zero-order valence-corrected chi connectivity index (χ0v) is 14.0. The van der Waals surface area contributed by atoms with Crippen LogP contribution in [0.25, 0.3) is 0 Å². The third-order valence-corrected chi connectivity index (χ3v) is 5.22. The molecule has 116 valence electrons. The van der Waals surface area contributed by atoms with Gasteiger partial charge in [0.05, 0.1) is 4.90 Å². The zero-order chi connectivity index (χ0) is 15.6. The second kappa shape index (κ2) is 6.55. The summed E-state index contributed by atoms with van der Waals surface area (Å²) in [5.41, 5.74) is 0.263. The van der Waals surface area contributed by atoms with Crippen molar-refractivity contribution in [3.63, 3.8) is 0 Å². The van der Waals surface area contributed by atoms with Gasteiger partial charge in [-0.3, -0.25) is 4.79 Å². The van der Waals surface area contributed by atoms with Crippen molar-refractivity contribution in [3.8, 4) is 0 Å². The molecule has 1 heterocycles. The van der Waals surface area contributed by atoms with E-state index in [0.717, 1.165) is 19.3 Å². The third kappa shape index (κ3) is 4.11. The Morgan fingerprint density at radius 3 is 2.71 bits per heavy atom. The average Bonchev–Trinajstić information content (AvgIpc) is 2.85. The van der Waals surface area contributed by atoms with Crippen molar-refractivity contribution in [1.29, 1.82) is 0 Å². The Labute approximate surface area is 134 Å². The molecule has 1 aromatic rings. The number of hydrogen-bond acceptors (Lipinski definition) is 3. The first-order valence-electron chi connectivity index (χ1n) is 6.85. The van der Waals surface area contributed by atoms with E-state index in [-0.39, 0.29) is 21.4 Å². The summed E-state index contributed by atoms with van der Waals surface area (Å²) in [6.45, 7) is 3.53. The summed E-state index contributed by atoms with van der Waals surface area (Å²) in [7, 11) is 1.41. The number of nitrogens with zero attached hydrogens (tertiary/aromatic N) is 1. The first-order chi connectivity index (χ1) is 9.81. The predicted molar refractivity (Wildman–Crippen MR) is 83.4 cm³/mol. The van der Waals surface area contributed by atoms with Gasteiger partial charge in [-0.15, -0.1) is 0 Å². The van der Waals surface area contributed by atoms with Crippen molar-refractivity contribution in [1.82, 2.24) is 4.90 Å². The van der Waals surface area contributed by atoms with E-state index in [2.05, 4.69) is 6.92 Å². The second-order valence-corrected chi connectivity index (χ2v) is 8.31. The molecule has 1 atom stereocenters. The fourth-order valence-electron chi connectivity index (χ4n) is 2.67. The van der Waals surface area contributed by atoms with Crippen molar-refractivity contribution < 1.29 is 13.2 Å². The van der Waals surface area contributed by atoms with E-state index < -0.39 is 9.05 Å². The molecule has 1 unspecified atom stereocenters. The van der Waals surface area contributed by atoms with Crippen LogP contribution in [0.3, 0.4) is 0 Å². The molecule has 0 aromatic heterocycles. The van der Waals surface area contributed by atoms with Gasteiger partial charge in [0.25, 0.3) is 15.0 Å². The molecule has 2 rings (SSSR count). The minimum Gasteiger partial charge on any atom is -0.338 e. The lowest BCUT2D eigenvalue weighted by molar-refractivity contribution is 0.0786. The topological polar surface area (TPSA) is 54.5 Å². The highest BCUT2D eigenvalue weighted by atomic mass is 35.7. The number of carbonyl (C=O) groups excluding carboxylic acids is 1. The van der Waals surface area contributed by atoms with Gasteiger partial charge < -0.3 is 4.90 Å².